The molecule has 0 aromatic heterocycles. The summed E-state index contributed by atoms with van der Waals surface area (Å²) in [6.45, 7) is 1.31. The molecule has 1 fully saturated rings. The molecule has 1 unspecified atom stereocenters. The first-order chi connectivity index (χ1) is 10.6. The number of ether oxygens (including phenoxy) is 2. The average Bonchev–Trinajstić information content (AvgIpc) is 3.37. The Morgan fingerprint density at radius 3 is 2.68 bits per heavy atom. The molecule has 0 N–H and O–H groups in total. The molecule has 0 bridgehead atoms. The third kappa shape index (κ3) is 3.48. The number of carbonyl (C=O) groups is 1. The van der Waals surface area contributed by atoms with E-state index in [1.807, 2.05) is 36.4 Å². The Morgan fingerprint density at radius 1 is 1.32 bits per heavy atom. The topological polar surface area (TPSA) is 42.1 Å². The van der Waals surface area contributed by atoms with Crippen LogP contribution in [0, 0.1) is 0 Å². The van der Waals surface area contributed by atoms with Gasteiger partial charge >= 0.3 is 0 Å². The molecule has 114 valence electrons. The van der Waals surface area contributed by atoms with Crippen LogP contribution in [0.4, 0.5) is 5.69 Å². The zero-order chi connectivity index (χ0) is 15.5. The first kappa shape index (κ1) is 15.1. The number of amides is 1. The predicted molar refractivity (Wildman–Crippen MR) is 88.6 cm³/mol. The highest BCUT2D eigenvalue weighted by Crippen LogP contribution is 2.26. The molecule has 1 atom stereocenters. The molecule has 0 aliphatic carbocycles. The van der Waals surface area contributed by atoms with E-state index in [0.717, 1.165) is 22.5 Å². The molecule has 1 heterocycles. The van der Waals surface area contributed by atoms with E-state index in [9.17, 15) is 4.79 Å². The molecule has 0 radical (unpaired) electrons. The van der Waals surface area contributed by atoms with Crippen molar-refractivity contribution >= 4 is 27.5 Å². The minimum absolute atomic E-state index is 0.0739. The summed E-state index contributed by atoms with van der Waals surface area (Å²) >= 11 is 3.45. The van der Waals surface area contributed by atoms with Crippen molar-refractivity contribution in [3.05, 3.63) is 58.6 Å². The molecular formula is C17H16BrNO3. The lowest BCUT2D eigenvalue weighted by atomic mass is 10.2. The van der Waals surface area contributed by atoms with E-state index < -0.39 is 0 Å². The summed E-state index contributed by atoms with van der Waals surface area (Å²) in [5, 5.41) is 0. The van der Waals surface area contributed by atoms with E-state index >= 15 is 0 Å². The molecule has 1 amide bonds. The molecule has 22 heavy (non-hydrogen) atoms. The fraction of sp³-hybridized carbons (Fsp3) is 0.235. The van der Waals surface area contributed by atoms with Crippen LogP contribution in [-0.4, -0.2) is 32.3 Å². The highest BCUT2D eigenvalue weighted by molar-refractivity contribution is 9.10. The van der Waals surface area contributed by atoms with Crippen LogP contribution in [0.25, 0.3) is 0 Å². The number of halogens is 1. The van der Waals surface area contributed by atoms with Gasteiger partial charge in [0.25, 0.3) is 5.91 Å². The predicted octanol–water partition coefficient (Wildman–Crippen LogP) is 3.50. The van der Waals surface area contributed by atoms with E-state index in [4.69, 9.17) is 9.47 Å². The van der Waals surface area contributed by atoms with Gasteiger partial charge in [0.2, 0.25) is 0 Å². The number of hydrogen-bond donors (Lipinski definition) is 0. The summed E-state index contributed by atoms with van der Waals surface area (Å²) in [4.78, 5) is 14.2. The van der Waals surface area contributed by atoms with Crippen LogP contribution in [0.3, 0.4) is 0 Å². The smallest absolute Gasteiger partial charge is 0.259 e. The van der Waals surface area contributed by atoms with Gasteiger partial charge in [-0.1, -0.05) is 18.2 Å². The SMILES string of the molecule is CN(C(=O)c1ccc(OCC2CO2)cc1Br)c1ccccc1. The quantitative estimate of drug-likeness (QED) is 0.765. The van der Waals surface area contributed by atoms with E-state index in [1.165, 1.54) is 0 Å². The highest BCUT2D eigenvalue weighted by Gasteiger charge is 2.23. The van der Waals surface area contributed by atoms with E-state index in [2.05, 4.69) is 15.9 Å². The van der Waals surface area contributed by atoms with Crippen molar-refractivity contribution in [1.82, 2.24) is 0 Å². The van der Waals surface area contributed by atoms with E-state index in [-0.39, 0.29) is 12.0 Å². The molecule has 3 rings (SSSR count). The average molecular weight is 362 g/mol. The van der Waals surface area contributed by atoms with Crippen molar-refractivity contribution in [3.63, 3.8) is 0 Å². The minimum atomic E-state index is -0.0739. The van der Waals surface area contributed by atoms with Gasteiger partial charge in [0, 0.05) is 17.2 Å². The van der Waals surface area contributed by atoms with Gasteiger partial charge < -0.3 is 14.4 Å². The summed E-state index contributed by atoms with van der Waals surface area (Å²) in [5.41, 5.74) is 1.45. The van der Waals surface area contributed by atoms with Crippen molar-refractivity contribution in [1.29, 1.82) is 0 Å². The Labute approximate surface area is 137 Å². The first-order valence-corrected chi connectivity index (χ1v) is 7.81. The van der Waals surface area contributed by atoms with Gasteiger partial charge in [0.15, 0.2) is 0 Å². The lowest BCUT2D eigenvalue weighted by Crippen LogP contribution is -2.26. The van der Waals surface area contributed by atoms with E-state index in [0.29, 0.717) is 12.2 Å². The second kappa shape index (κ2) is 6.50. The fourth-order valence-corrected chi connectivity index (χ4v) is 2.59. The molecule has 0 saturated carbocycles. The monoisotopic (exact) mass is 361 g/mol. The number of hydrogen-bond acceptors (Lipinski definition) is 3. The van der Waals surface area contributed by atoms with Gasteiger partial charge in [-0.25, -0.2) is 0 Å². The number of benzene rings is 2. The number of carbonyl (C=O) groups excluding carboxylic acids is 1. The molecule has 1 aliphatic rings. The van der Waals surface area contributed by atoms with Crippen molar-refractivity contribution in [3.8, 4) is 5.75 Å². The molecular weight excluding hydrogens is 346 g/mol. The van der Waals surface area contributed by atoms with Gasteiger partial charge in [-0.2, -0.15) is 0 Å². The molecule has 4 nitrogen and oxygen atoms in total. The summed E-state index contributed by atoms with van der Waals surface area (Å²) in [7, 11) is 1.76. The molecule has 5 heteroatoms. The van der Waals surface area contributed by atoms with Crippen LogP contribution in [0.2, 0.25) is 0 Å². The maximum atomic E-state index is 12.6. The van der Waals surface area contributed by atoms with Crippen LogP contribution < -0.4 is 9.64 Å². The maximum Gasteiger partial charge on any atom is 0.259 e. The van der Waals surface area contributed by atoms with Gasteiger partial charge in [-0.15, -0.1) is 0 Å². The zero-order valence-corrected chi connectivity index (χ0v) is 13.7. The Bertz CT molecular complexity index is 671. The van der Waals surface area contributed by atoms with Crippen LogP contribution in [-0.2, 0) is 4.74 Å². The summed E-state index contributed by atoms with van der Waals surface area (Å²) < 4.78 is 11.4. The van der Waals surface area contributed by atoms with Crippen LogP contribution in [0.1, 0.15) is 10.4 Å². The molecule has 0 spiro atoms. The van der Waals surface area contributed by atoms with E-state index in [1.54, 1.807) is 24.1 Å². The number of epoxide rings is 1. The number of anilines is 1. The van der Waals surface area contributed by atoms with Crippen molar-refractivity contribution in [2.45, 2.75) is 6.10 Å². The summed E-state index contributed by atoms with van der Waals surface area (Å²) in [5.74, 6) is 0.649. The first-order valence-electron chi connectivity index (χ1n) is 7.02. The van der Waals surface area contributed by atoms with Gasteiger partial charge in [0.05, 0.1) is 12.2 Å². The maximum absolute atomic E-state index is 12.6. The second-order valence-electron chi connectivity index (χ2n) is 5.11. The third-order valence-corrected chi connectivity index (χ3v) is 4.11. The summed E-state index contributed by atoms with van der Waals surface area (Å²) in [6, 6.07) is 14.9. The second-order valence-corrected chi connectivity index (χ2v) is 5.96. The highest BCUT2D eigenvalue weighted by atomic mass is 79.9. The number of para-hydroxylation sites is 1. The van der Waals surface area contributed by atoms with Gasteiger partial charge in [0.1, 0.15) is 18.5 Å². The van der Waals surface area contributed by atoms with Gasteiger partial charge in [-0.05, 0) is 46.3 Å². The molecule has 2 aromatic carbocycles. The van der Waals surface area contributed by atoms with Crippen molar-refractivity contribution < 1.29 is 14.3 Å². The Morgan fingerprint density at radius 2 is 2.05 bits per heavy atom. The van der Waals surface area contributed by atoms with Crippen molar-refractivity contribution in [2.75, 3.05) is 25.2 Å². The van der Waals surface area contributed by atoms with Crippen molar-refractivity contribution in [2.24, 2.45) is 0 Å². The Kier molecular flexibility index (Phi) is 4.45. The third-order valence-electron chi connectivity index (χ3n) is 3.46. The minimum Gasteiger partial charge on any atom is -0.491 e. The Hall–Kier alpha value is -1.85. The lowest BCUT2D eigenvalue weighted by Gasteiger charge is -2.18. The Balaban J connectivity index is 1.74. The molecule has 2 aromatic rings. The van der Waals surface area contributed by atoms with Gasteiger partial charge in [-0.3, -0.25) is 4.79 Å². The molecule has 1 aliphatic heterocycles. The zero-order valence-electron chi connectivity index (χ0n) is 12.2. The number of nitrogens with zero attached hydrogens (tertiary/aromatic N) is 1. The van der Waals surface area contributed by atoms with Crippen LogP contribution in [0.15, 0.2) is 53.0 Å². The lowest BCUT2D eigenvalue weighted by molar-refractivity contribution is 0.0992. The number of rotatable bonds is 5. The molecule has 1 saturated heterocycles. The normalized spacial score (nSPS) is 16.2. The van der Waals surface area contributed by atoms with Crippen LogP contribution in [0.5, 0.6) is 5.75 Å². The largest absolute Gasteiger partial charge is 0.491 e. The standard InChI is InChI=1S/C17H16BrNO3/c1-19(12-5-3-2-4-6-12)17(20)15-8-7-13(9-16(15)18)21-10-14-11-22-14/h2-9,14H,10-11H2,1H3. The summed E-state index contributed by atoms with van der Waals surface area (Å²) in [6.07, 6.45) is 0.212. The fourth-order valence-electron chi connectivity index (χ4n) is 2.06. The van der Waals surface area contributed by atoms with Crippen LogP contribution >= 0.6 is 15.9 Å².